The number of fused-ring (bicyclic) bond motifs is 3. The first-order valence-corrected chi connectivity index (χ1v) is 4.59. The van der Waals surface area contributed by atoms with E-state index in [-0.39, 0.29) is 42.3 Å². The molecule has 0 unspecified atom stereocenters. The molecule has 1 N–H and O–H groups in total. The Morgan fingerprint density at radius 3 is 2.21 bits per heavy atom. The first kappa shape index (κ1) is 22.7. The minimum Gasteiger partial charge on any atom is -2.00 e. The second-order valence-corrected chi connectivity index (χ2v) is 3.27. The average Bonchev–Trinajstić information content (AvgIpc) is 2.29. The molecule has 0 aliphatic heterocycles. The third-order valence-corrected chi connectivity index (χ3v) is 2.42. The van der Waals surface area contributed by atoms with Gasteiger partial charge in [-0.15, -0.1) is 0 Å². The van der Waals surface area contributed by atoms with E-state index in [2.05, 4.69) is 28.2 Å². The Hall–Kier alpha value is -1.46. The van der Waals surface area contributed by atoms with Crippen LogP contribution in [0, 0.1) is 0 Å². The van der Waals surface area contributed by atoms with E-state index in [1.54, 1.807) is 0 Å². The van der Waals surface area contributed by atoms with Crippen LogP contribution in [0.3, 0.4) is 0 Å². The van der Waals surface area contributed by atoms with Crippen molar-refractivity contribution in [1.82, 2.24) is 4.98 Å². The van der Waals surface area contributed by atoms with Gasteiger partial charge in [0.1, 0.15) is 0 Å². The van der Waals surface area contributed by atoms with Gasteiger partial charge in [-0.2, -0.15) is 0 Å². The summed E-state index contributed by atoms with van der Waals surface area (Å²) in [4.78, 5) is 7.53. The van der Waals surface area contributed by atoms with Gasteiger partial charge in [0.05, 0.1) is 10.9 Å². The minimum absolute atomic E-state index is 0. The fourth-order valence-corrected chi connectivity index (χ4v) is 1.76. The number of nitrogens with zero attached hydrogens (tertiary/aromatic N) is 1. The Morgan fingerprint density at radius 2 is 1.47 bits per heavy atom. The van der Waals surface area contributed by atoms with Gasteiger partial charge in [0, 0.05) is 44.1 Å². The molecule has 0 amide bonds. The van der Waals surface area contributed by atoms with E-state index in [9.17, 15) is 0 Å². The SMILES string of the molecule is [O-2].[O-2].[O-2].[O-2].[Re].c1cnc2ccc3[nH+]cccc3c2c1. The van der Waals surface area contributed by atoms with Crippen molar-refractivity contribution in [3.63, 3.8) is 0 Å². The molecular formula is C12H9N2O4Re-7. The van der Waals surface area contributed by atoms with Crippen LogP contribution in [0.15, 0.2) is 48.8 Å². The predicted octanol–water partition coefficient (Wildman–Crippen LogP) is 1.72. The largest absolute Gasteiger partial charge is 2.00 e. The summed E-state index contributed by atoms with van der Waals surface area (Å²) in [6.07, 6.45) is 3.76. The summed E-state index contributed by atoms with van der Waals surface area (Å²) in [5.41, 5.74) is 2.19. The van der Waals surface area contributed by atoms with Crippen molar-refractivity contribution in [2.75, 3.05) is 0 Å². The van der Waals surface area contributed by atoms with Gasteiger partial charge in [0.25, 0.3) is 0 Å². The van der Waals surface area contributed by atoms with Crippen molar-refractivity contribution < 1.29 is 47.3 Å². The number of nitrogens with one attached hydrogen (secondary N) is 1. The number of rotatable bonds is 0. The van der Waals surface area contributed by atoms with Crippen molar-refractivity contribution in [2.24, 2.45) is 0 Å². The standard InChI is InChI=1S/C12H8N2.4O.Re/c1-3-9-10-4-2-8-14-12(10)6-5-11(9)13-7-1;;;;;/h1-8H;;;;;/q;4*-2;/p+1. The monoisotopic (exact) mass is 432 g/mol. The van der Waals surface area contributed by atoms with Crippen LogP contribution in [0.25, 0.3) is 21.8 Å². The fraction of sp³-hybridized carbons (Fsp3) is 0. The molecule has 105 valence electrons. The molecule has 1 radical (unpaired) electrons. The molecule has 3 rings (SSSR count). The molecule has 0 bridgehead atoms. The summed E-state index contributed by atoms with van der Waals surface area (Å²) in [6.45, 7) is 0. The van der Waals surface area contributed by atoms with Crippen molar-refractivity contribution in [3.8, 4) is 0 Å². The summed E-state index contributed by atoms with van der Waals surface area (Å²) >= 11 is 0. The Bertz CT molecular complexity index is 567. The maximum absolute atomic E-state index is 4.32. The Kier molecular flexibility index (Phi) is 11.3. The summed E-state index contributed by atoms with van der Waals surface area (Å²) in [7, 11) is 0. The van der Waals surface area contributed by atoms with E-state index in [0.29, 0.717) is 0 Å². The summed E-state index contributed by atoms with van der Waals surface area (Å²) in [6, 6.07) is 12.3. The number of pyridine rings is 2. The van der Waals surface area contributed by atoms with Gasteiger partial charge < -0.3 is 21.9 Å². The van der Waals surface area contributed by atoms with Gasteiger partial charge in [0.15, 0.2) is 6.20 Å². The van der Waals surface area contributed by atoms with Gasteiger partial charge in [-0.05, 0) is 18.2 Å². The van der Waals surface area contributed by atoms with Crippen molar-refractivity contribution >= 4 is 21.8 Å². The second kappa shape index (κ2) is 9.47. The number of hydrogen-bond acceptors (Lipinski definition) is 1. The molecule has 1 aromatic carbocycles. The van der Waals surface area contributed by atoms with Crippen LogP contribution in [-0.2, 0) is 42.3 Å². The maximum atomic E-state index is 4.32. The van der Waals surface area contributed by atoms with Gasteiger partial charge in [-0.3, -0.25) is 4.98 Å². The molecule has 3 aromatic rings. The molecule has 0 saturated heterocycles. The molecule has 0 spiro atoms. The molecule has 0 aliphatic carbocycles. The smallest absolute Gasteiger partial charge is 0.211 e. The van der Waals surface area contributed by atoms with Crippen LogP contribution in [0.2, 0.25) is 0 Å². The number of H-pyrrole nitrogens is 1. The van der Waals surface area contributed by atoms with E-state index in [1.165, 1.54) is 10.8 Å². The normalized spacial score (nSPS) is 8.00. The van der Waals surface area contributed by atoms with Crippen molar-refractivity contribution in [2.45, 2.75) is 0 Å². The third-order valence-electron chi connectivity index (χ3n) is 2.42. The molecule has 2 aromatic heterocycles. The zero-order valence-corrected chi connectivity index (χ0v) is 12.3. The van der Waals surface area contributed by atoms with Crippen LogP contribution in [-0.4, -0.2) is 4.98 Å². The van der Waals surface area contributed by atoms with E-state index < -0.39 is 0 Å². The zero-order valence-electron chi connectivity index (χ0n) is 9.58. The molecule has 0 atom stereocenters. The summed E-state index contributed by atoms with van der Waals surface area (Å²) in [5, 5.41) is 2.42. The molecule has 0 saturated carbocycles. The van der Waals surface area contributed by atoms with Crippen LogP contribution in [0.4, 0.5) is 0 Å². The summed E-state index contributed by atoms with van der Waals surface area (Å²) < 4.78 is 0. The molecular weight excluding hydrogens is 422 g/mol. The summed E-state index contributed by atoms with van der Waals surface area (Å²) in [5.74, 6) is 0. The molecule has 0 fully saturated rings. The molecule has 2 heterocycles. The number of aromatic amines is 1. The maximum Gasteiger partial charge on any atom is 0.211 e. The number of benzene rings is 1. The quantitative estimate of drug-likeness (QED) is 0.491. The first-order chi connectivity index (χ1) is 6.95. The van der Waals surface area contributed by atoms with E-state index in [1.807, 2.05) is 30.6 Å². The molecule has 0 aliphatic rings. The predicted molar refractivity (Wildman–Crippen MR) is 58.6 cm³/mol. The second-order valence-electron chi connectivity index (χ2n) is 3.27. The fourth-order valence-electron chi connectivity index (χ4n) is 1.76. The number of hydrogen-bond donors (Lipinski definition) is 0. The van der Waals surface area contributed by atoms with Crippen molar-refractivity contribution in [1.29, 1.82) is 0 Å². The molecule has 6 nitrogen and oxygen atoms in total. The first-order valence-electron chi connectivity index (χ1n) is 4.59. The van der Waals surface area contributed by atoms with Gasteiger partial charge in [-0.1, -0.05) is 6.07 Å². The van der Waals surface area contributed by atoms with Crippen LogP contribution in [0.1, 0.15) is 0 Å². The minimum atomic E-state index is 0. The van der Waals surface area contributed by atoms with Crippen LogP contribution < -0.4 is 4.98 Å². The van der Waals surface area contributed by atoms with Crippen LogP contribution in [0.5, 0.6) is 0 Å². The molecule has 7 heteroatoms. The van der Waals surface area contributed by atoms with E-state index in [0.717, 1.165) is 11.0 Å². The Morgan fingerprint density at radius 1 is 0.789 bits per heavy atom. The Balaban J connectivity index is -0.000000512. The molecule has 19 heavy (non-hydrogen) atoms. The topological polar surface area (TPSA) is 141 Å². The van der Waals surface area contributed by atoms with Crippen LogP contribution >= 0.6 is 0 Å². The van der Waals surface area contributed by atoms with Gasteiger partial charge in [0.2, 0.25) is 5.52 Å². The average molecular weight is 431 g/mol. The van der Waals surface area contributed by atoms with Gasteiger partial charge >= 0.3 is 0 Å². The third kappa shape index (κ3) is 4.01. The van der Waals surface area contributed by atoms with E-state index >= 15 is 0 Å². The zero-order chi connectivity index (χ0) is 9.38. The van der Waals surface area contributed by atoms with Crippen molar-refractivity contribution in [3.05, 3.63) is 48.8 Å². The Labute approximate surface area is 123 Å². The van der Waals surface area contributed by atoms with Gasteiger partial charge in [-0.25, -0.2) is 4.98 Å². The van der Waals surface area contributed by atoms with E-state index in [4.69, 9.17) is 0 Å². The number of aromatic nitrogens is 2.